The van der Waals surface area contributed by atoms with Crippen molar-refractivity contribution in [1.82, 2.24) is 0 Å². The maximum absolute atomic E-state index is 10.6. The molecular formula is C20H10N2O2. The number of aliphatic imine (C=N–C) groups is 2. The van der Waals surface area contributed by atoms with Gasteiger partial charge in [0.05, 0.1) is 0 Å². The minimum Gasteiger partial charge on any atom is -0.211 e. The molecule has 4 aromatic rings. The summed E-state index contributed by atoms with van der Waals surface area (Å²) in [6.07, 6.45) is 2.99. The molecule has 0 aromatic heterocycles. The third kappa shape index (κ3) is 2.29. The van der Waals surface area contributed by atoms with Gasteiger partial charge in [-0.1, -0.05) is 24.3 Å². The molecular weight excluding hydrogens is 300 g/mol. The van der Waals surface area contributed by atoms with Crippen molar-refractivity contribution in [2.75, 3.05) is 0 Å². The lowest BCUT2D eigenvalue weighted by Gasteiger charge is -2.07. The van der Waals surface area contributed by atoms with E-state index in [4.69, 9.17) is 0 Å². The Morgan fingerprint density at radius 3 is 1.33 bits per heavy atom. The number of rotatable bonds is 2. The Hall–Kier alpha value is -3.58. The van der Waals surface area contributed by atoms with Crippen molar-refractivity contribution >= 4 is 55.9 Å². The second kappa shape index (κ2) is 5.56. The molecule has 0 atom stereocenters. The van der Waals surface area contributed by atoms with Crippen LogP contribution >= 0.6 is 0 Å². The van der Waals surface area contributed by atoms with Crippen LogP contribution in [0.1, 0.15) is 0 Å². The normalized spacial score (nSPS) is 10.5. The van der Waals surface area contributed by atoms with Gasteiger partial charge < -0.3 is 0 Å². The van der Waals surface area contributed by atoms with E-state index < -0.39 is 0 Å². The number of isocyanates is 2. The van der Waals surface area contributed by atoms with Crippen LogP contribution < -0.4 is 0 Å². The number of nitrogens with zero attached hydrogens (tertiary/aromatic N) is 2. The SMILES string of the molecule is O=C=Nc1cc2cc3cc4ccccc4cc3cc2cc1N=C=O. The molecule has 24 heavy (non-hydrogen) atoms. The summed E-state index contributed by atoms with van der Waals surface area (Å²) in [7, 11) is 0. The Morgan fingerprint density at radius 2 is 0.917 bits per heavy atom. The fourth-order valence-electron chi connectivity index (χ4n) is 3.00. The second-order valence-electron chi connectivity index (χ2n) is 5.49. The van der Waals surface area contributed by atoms with Gasteiger partial charge in [0.1, 0.15) is 11.4 Å². The van der Waals surface area contributed by atoms with E-state index in [0.717, 1.165) is 32.3 Å². The number of carbonyl (C=O) groups excluding carboxylic acids is 2. The Bertz CT molecular complexity index is 1120. The van der Waals surface area contributed by atoms with Gasteiger partial charge in [0.15, 0.2) is 0 Å². The minimum atomic E-state index is 0.306. The lowest BCUT2D eigenvalue weighted by atomic mass is 9.99. The van der Waals surface area contributed by atoms with Crippen LogP contribution in [0.4, 0.5) is 11.4 Å². The zero-order valence-corrected chi connectivity index (χ0v) is 12.5. The minimum absolute atomic E-state index is 0.306. The number of benzene rings is 4. The van der Waals surface area contributed by atoms with Gasteiger partial charge >= 0.3 is 0 Å². The summed E-state index contributed by atoms with van der Waals surface area (Å²) in [5.74, 6) is 0. The van der Waals surface area contributed by atoms with Crippen LogP contribution in [0.25, 0.3) is 32.3 Å². The fourth-order valence-corrected chi connectivity index (χ4v) is 3.00. The summed E-state index contributed by atoms with van der Waals surface area (Å²) in [4.78, 5) is 28.4. The predicted molar refractivity (Wildman–Crippen MR) is 94.5 cm³/mol. The smallest absolute Gasteiger partial charge is 0.211 e. The lowest BCUT2D eigenvalue weighted by molar-refractivity contribution is 0.564. The summed E-state index contributed by atoms with van der Waals surface area (Å²) in [6, 6.07) is 20.0. The van der Waals surface area contributed by atoms with Crippen molar-refractivity contribution in [3.63, 3.8) is 0 Å². The van der Waals surface area contributed by atoms with E-state index in [-0.39, 0.29) is 0 Å². The van der Waals surface area contributed by atoms with Crippen LogP contribution in [0.5, 0.6) is 0 Å². The van der Waals surface area contributed by atoms with Gasteiger partial charge in [0, 0.05) is 0 Å². The molecule has 0 saturated heterocycles. The summed E-state index contributed by atoms with van der Waals surface area (Å²) in [5, 5.41) is 6.34. The first-order chi connectivity index (χ1) is 11.8. The maximum atomic E-state index is 10.6. The van der Waals surface area contributed by atoms with Gasteiger partial charge in [-0.15, -0.1) is 0 Å². The van der Waals surface area contributed by atoms with Gasteiger partial charge in [-0.25, -0.2) is 9.59 Å². The quantitative estimate of drug-likeness (QED) is 0.294. The maximum Gasteiger partial charge on any atom is 0.240 e. The molecule has 0 radical (unpaired) electrons. The van der Waals surface area contributed by atoms with Crippen LogP contribution in [-0.2, 0) is 9.59 Å². The molecule has 0 fully saturated rings. The average molecular weight is 310 g/mol. The molecule has 0 aliphatic rings. The fraction of sp³-hybridized carbons (Fsp3) is 0. The van der Waals surface area contributed by atoms with Crippen molar-refractivity contribution in [2.24, 2.45) is 9.98 Å². The summed E-state index contributed by atoms with van der Waals surface area (Å²) >= 11 is 0. The van der Waals surface area contributed by atoms with E-state index in [9.17, 15) is 9.59 Å². The Labute approximate surface area is 136 Å². The average Bonchev–Trinajstić information content (AvgIpc) is 2.59. The molecule has 0 aliphatic heterocycles. The first-order valence-electron chi connectivity index (χ1n) is 7.34. The van der Waals surface area contributed by atoms with Gasteiger partial charge in [0.2, 0.25) is 12.2 Å². The van der Waals surface area contributed by atoms with E-state index in [1.165, 1.54) is 12.2 Å². The summed E-state index contributed by atoms with van der Waals surface area (Å²) in [6.45, 7) is 0. The molecule has 4 rings (SSSR count). The van der Waals surface area contributed by atoms with E-state index in [1.807, 2.05) is 24.3 Å². The van der Waals surface area contributed by atoms with Crippen LogP contribution in [0.15, 0.2) is 70.6 Å². The van der Waals surface area contributed by atoms with Crippen LogP contribution in [0.3, 0.4) is 0 Å². The molecule has 0 N–H and O–H groups in total. The topological polar surface area (TPSA) is 58.9 Å². The predicted octanol–water partition coefficient (Wildman–Crippen LogP) is 5.08. The van der Waals surface area contributed by atoms with Gasteiger partial charge in [-0.05, 0) is 68.7 Å². The lowest BCUT2D eigenvalue weighted by Crippen LogP contribution is -1.80. The van der Waals surface area contributed by atoms with Crippen molar-refractivity contribution in [3.05, 3.63) is 60.7 Å². The number of hydrogen-bond acceptors (Lipinski definition) is 4. The van der Waals surface area contributed by atoms with E-state index in [0.29, 0.717) is 11.4 Å². The molecule has 4 heteroatoms. The molecule has 0 aliphatic carbocycles. The summed E-state index contributed by atoms with van der Waals surface area (Å²) < 4.78 is 0. The standard InChI is InChI=1S/C20H10N2O2/c23-11-21-19-9-17-7-15-5-13-3-1-2-4-14(13)6-16(15)8-18(17)10-20(19)22-12-24/h1-10H. The first kappa shape index (κ1) is 14.0. The highest BCUT2D eigenvalue weighted by Gasteiger charge is 2.06. The first-order valence-corrected chi connectivity index (χ1v) is 7.34. The summed E-state index contributed by atoms with van der Waals surface area (Å²) in [5.41, 5.74) is 0.613. The molecule has 0 spiro atoms. The highest BCUT2D eigenvalue weighted by atomic mass is 16.1. The second-order valence-corrected chi connectivity index (χ2v) is 5.49. The molecule has 0 unspecified atom stereocenters. The molecule has 0 bridgehead atoms. The molecule has 112 valence electrons. The van der Waals surface area contributed by atoms with Crippen LogP contribution in [0.2, 0.25) is 0 Å². The van der Waals surface area contributed by atoms with E-state index >= 15 is 0 Å². The number of fused-ring (bicyclic) bond motifs is 3. The van der Waals surface area contributed by atoms with Gasteiger partial charge in [0.25, 0.3) is 0 Å². The monoisotopic (exact) mass is 310 g/mol. The molecule has 4 nitrogen and oxygen atoms in total. The van der Waals surface area contributed by atoms with Gasteiger partial charge in [-0.2, -0.15) is 9.98 Å². The van der Waals surface area contributed by atoms with Crippen LogP contribution in [-0.4, -0.2) is 12.2 Å². The van der Waals surface area contributed by atoms with Crippen molar-refractivity contribution in [2.45, 2.75) is 0 Å². The molecule has 0 saturated carbocycles. The third-order valence-electron chi connectivity index (χ3n) is 4.09. The molecule has 0 heterocycles. The highest BCUT2D eigenvalue weighted by molar-refractivity contribution is 6.06. The molecule has 0 amide bonds. The zero-order chi connectivity index (χ0) is 16.5. The van der Waals surface area contributed by atoms with E-state index in [2.05, 4.69) is 34.3 Å². The largest absolute Gasteiger partial charge is 0.240 e. The Morgan fingerprint density at radius 1 is 0.542 bits per heavy atom. The van der Waals surface area contributed by atoms with E-state index in [1.54, 1.807) is 12.1 Å². The Balaban J connectivity index is 2.09. The third-order valence-corrected chi connectivity index (χ3v) is 4.09. The van der Waals surface area contributed by atoms with Gasteiger partial charge in [-0.3, -0.25) is 0 Å². The zero-order valence-electron chi connectivity index (χ0n) is 12.5. The Kier molecular flexibility index (Phi) is 3.25. The van der Waals surface area contributed by atoms with Crippen molar-refractivity contribution in [1.29, 1.82) is 0 Å². The van der Waals surface area contributed by atoms with Crippen molar-refractivity contribution < 1.29 is 9.59 Å². The van der Waals surface area contributed by atoms with Crippen LogP contribution in [0, 0.1) is 0 Å². The highest BCUT2D eigenvalue weighted by Crippen LogP contribution is 2.35. The number of hydrogen-bond donors (Lipinski definition) is 0. The molecule has 4 aromatic carbocycles. The van der Waals surface area contributed by atoms with Crippen molar-refractivity contribution in [3.8, 4) is 0 Å².